The van der Waals surface area contributed by atoms with Gasteiger partial charge in [-0.15, -0.1) is 10.2 Å². The monoisotopic (exact) mass is 445 g/mol. The lowest BCUT2D eigenvalue weighted by atomic mass is 10.1. The Bertz CT molecular complexity index is 976. The molecular formula is C19H20BrN5O3. The number of carbonyl (C=O) groups is 1. The number of anilines is 1. The zero-order valence-corrected chi connectivity index (χ0v) is 16.8. The van der Waals surface area contributed by atoms with Gasteiger partial charge in [0.25, 0.3) is 0 Å². The quantitative estimate of drug-likeness (QED) is 0.509. The SMILES string of the molecule is C[C@@H](CCOCc1ccc(Br)cc1C(=O)O)n1cnnc1-c1cccc(N)n1. The maximum atomic E-state index is 11.4. The van der Waals surface area contributed by atoms with Crippen molar-refractivity contribution < 1.29 is 14.6 Å². The van der Waals surface area contributed by atoms with Gasteiger partial charge in [0.15, 0.2) is 5.82 Å². The van der Waals surface area contributed by atoms with Crippen molar-refractivity contribution in [2.75, 3.05) is 12.3 Å². The summed E-state index contributed by atoms with van der Waals surface area (Å²) >= 11 is 3.29. The van der Waals surface area contributed by atoms with Crippen molar-refractivity contribution in [3.05, 3.63) is 58.3 Å². The molecule has 0 amide bonds. The molecule has 0 fully saturated rings. The Morgan fingerprint density at radius 1 is 1.36 bits per heavy atom. The number of nitrogens with two attached hydrogens (primary N) is 1. The lowest BCUT2D eigenvalue weighted by Gasteiger charge is -2.15. The molecular weight excluding hydrogens is 426 g/mol. The number of hydrogen-bond donors (Lipinski definition) is 2. The van der Waals surface area contributed by atoms with Crippen LogP contribution in [0.25, 0.3) is 11.5 Å². The normalized spacial score (nSPS) is 12.1. The van der Waals surface area contributed by atoms with E-state index in [2.05, 4.69) is 31.1 Å². The average molecular weight is 446 g/mol. The van der Waals surface area contributed by atoms with E-state index in [0.717, 1.165) is 4.47 Å². The molecule has 0 saturated heterocycles. The first-order valence-electron chi connectivity index (χ1n) is 8.67. The largest absolute Gasteiger partial charge is 0.478 e. The fourth-order valence-corrected chi connectivity index (χ4v) is 3.13. The third kappa shape index (κ3) is 4.73. The molecule has 0 aliphatic carbocycles. The minimum absolute atomic E-state index is 0.0668. The third-order valence-electron chi connectivity index (χ3n) is 4.29. The minimum atomic E-state index is -0.975. The van der Waals surface area contributed by atoms with Crippen LogP contribution in [-0.4, -0.2) is 37.4 Å². The van der Waals surface area contributed by atoms with Crippen molar-refractivity contribution in [1.29, 1.82) is 0 Å². The molecule has 9 heteroatoms. The number of carboxylic acid groups (broad SMARTS) is 1. The first-order valence-corrected chi connectivity index (χ1v) is 9.47. The van der Waals surface area contributed by atoms with Crippen molar-refractivity contribution in [1.82, 2.24) is 19.7 Å². The Morgan fingerprint density at radius 2 is 2.18 bits per heavy atom. The van der Waals surface area contributed by atoms with Crippen LogP contribution >= 0.6 is 15.9 Å². The Labute approximate surface area is 170 Å². The van der Waals surface area contributed by atoms with E-state index in [9.17, 15) is 9.90 Å². The van der Waals surface area contributed by atoms with E-state index >= 15 is 0 Å². The number of halogens is 1. The van der Waals surface area contributed by atoms with Crippen molar-refractivity contribution in [3.8, 4) is 11.5 Å². The Morgan fingerprint density at radius 3 is 2.93 bits per heavy atom. The number of aromatic nitrogens is 4. The van der Waals surface area contributed by atoms with Gasteiger partial charge in [-0.25, -0.2) is 9.78 Å². The summed E-state index contributed by atoms with van der Waals surface area (Å²) in [5.41, 5.74) is 7.28. The van der Waals surface area contributed by atoms with Crippen LogP contribution in [0.4, 0.5) is 5.82 Å². The number of pyridine rings is 1. The molecule has 1 aromatic carbocycles. The number of carboxylic acids is 1. The summed E-state index contributed by atoms with van der Waals surface area (Å²) < 4.78 is 8.36. The van der Waals surface area contributed by atoms with Gasteiger partial charge in [-0.2, -0.15) is 0 Å². The topological polar surface area (TPSA) is 116 Å². The maximum absolute atomic E-state index is 11.4. The number of ether oxygens (including phenoxy) is 1. The molecule has 28 heavy (non-hydrogen) atoms. The van der Waals surface area contributed by atoms with Crippen LogP contribution in [-0.2, 0) is 11.3 Å². The molecule has 8 nitrogen and oxygen atoms in total. The van der Waals surface area contributed by atoms with Crippen molar-refractivity contribution in [3.63, 3.8) is 0 Å². The minimum Gasteiger partial charge on any atom is -0.478 e. The molecule has 0 aliphatic heterocycles. The second-order valence-corrected chi connectivity index (χ2v) is 7.22. The van der Waals surface area contributed by atoms with Gasteiger partial charge in [-0.1, -0.05) is 28.1 Å². The van der Waals surface area contributed by atoms with Crippen molar-refractivity contribution >= 4 is 27.7 Å². The molecule has 146 valence electrons. The summed E-state index contributed by atoms with van der Waals surface area (Å²) in [6.07, 6.45) is 2.36. The van der Waals surface area contributed by atoms with Gasteiger partial charge in [0.05, 0.1) is 12.2 Å². The van der Waals surface area contributed by atoms with Gasteiger partial charge in [0.1, 0.15) is 17.8 Å². The molecule has 3 N–H and O–H groups in total. The lowest BCUT2D eigenvalue weighted by molar-refractivity contribution is 0.0685. The molecule has 3 rings (SSSR count). The van der Waals surface area contributed by atoms with E-state index < -0.39 is 5.97 Å². The molecule has 0 spiro atoms. The predicted molar refractivity (Wildman–Crippen MR) is 108 cm³/mol. The number of hydrogen-bond acceptors (Lipinski definition) is 6. The molecule has 1 atom stereocenters. The highest BCUT2D eigenvalue weighted by molar-refractivity contribution is 9.10. The maximum Gasteiger partial charge on any atom is 0.336 e. The van der Waals surface area contributed by atoms with Gasteiger partial charge in [0.2, 0.25) is 0 Å². The van der Waals surface area contributed by atoms with Crippen LogP contribution in [0.1, 0.15) is 35.3 Å². The fourth-order valence-electron chi connectivity index (χ4n) is 2.77. The highest BCUT2D eigenvalue weighted by Crippen LogP contribution is 2.22. The Balaban J connectivity index is 1.60. The summed E-state index contributed by atoms with van der Waals surface area (Å²) in [6, 6.07) is 10.6. The summed E-state index contributed by atoms with van der Waals surface area (Å²) in [5, 5.41) is 17.4. The van der Waals surface area contributed by atoms with Crippen molar-refractivity contribution in [2.24, 2.45) is 0 Å². The second kappa shape index (κ2) is 8.94. The number of nitrogen functional groups attached to an aromatic ring is 1. The van der Waals surface area contributed by atoms with Gasteiger partial charge >= 0.3 is 5.97 Å². The first kappa shape index (κ1) is 20.0. The number of aromatic carboxylic acids is 1. The van der Waals surface area contributed by atoms with Crippen LogP contribution in [0, 0.1) is 0 Å². The van der Waals surface area contributed by atoms with Crippen LogP contribution in [0.5, 0.6) is 0 Å². The first-order chi connectivity index (χ1) is 13.5. The molecule has 0 saturated carbocycles. The van der Waals surface area contributed by atoms with Crippen LogP contribution in [0.2, 0.25) is 0 Å². The number of benzene rings is 1. The molecule has 0 aliphatic rings. The Hall–Kier alpha value is -2.78. The predicted octanol–water partition coefficient (Wildman–Crippen LogP) is 3.55. The third-order valence-corrected chi connectivity index (χ3v) is 4.78. The second-order valence-electron chi connectivity index (χ2n) is 6.31. The van der Waals surface area contributed by atoms with Gasteiger partial charge in [-0.3, -0.25) is 0 Å². The smallest absolute Gasteiger partial charge is 0.336 e. The van der Waals surface area contributed by atoms with E-state index in [1.54, 1.807) is 30.6 Å². The van der Waals surface area contributed by atoms with Crippen LogP contribution in [0.15, 0.2) is 47.2 Å². The van der Waals surface area contributed by atoms with Crippen LogP contribution < -0.4 is 5.73 Å². The Kier molecular flexibility index (Phi) is 6.37. The molecule has 3 aromatic rings. The van der Waals surface area contributed by atoms with E-state index in [-0.39, 0.29) is 18.2 Å². The van der Waals surface area contributed by atoms with Crippen LogP contribution in [0.3, 0.4) is 0 Å². The molecule has 0 bridgehead atoms. The standard InChI is InChI=1S/C19H20BrN5O3/c1-12(25-11-22-24-18(25)16-3-2-4-17(21)23-16)7-8-28-10-13-5-6-14(20)9-15(13)19(26)27/h2-6,9,11-12H,7-8,10H2,1H3,(H2,21,23)(H,26,27)/t12-/m0/s1. The summed E-state index contributed by atoms with van der Waals surface area (Å²) in [5.74, 6) is 0.0877. The summed E-state index contributed by atoms with van der Waals surface area (Å²) in [6.45, 7) is 2.72. The summed E-state index contributed by atoms with van der Waals surface area (Å²) in [7, 11) is 0. The zero-order chi connectivity index (χ0) is 20.1. The number of nitrogens with zero attached hydrogens (tertiary/aromatic N) is 4. The van der Waals surface area contributed by atoms with E-state index in [1.807, 2.05) is 23.6 Å². The molecule has 0 unspecified atom stereocenters. The van der Waals surface area contributed by atoms with Gasteiger partial charge in [-0.05, 0) is 43.2 Å². The highest BCUT2D eigenvalue weighted by Gasteiger charge is 2.15. The lowest BCUT2D eigenvalue weighted by Crippen LogP contribution is -2.11. The van der Waals surface area contributed by atoms with Gasteiger partial charge in [0, 0.05) is 17.1 Å². The average Bonchev–Trinajstić information content (AvgIpc) is 3.16. The molecule has 0 radical (unpaired) electrons. The van der Waals surface area contributed by atoms with Crippen molar-refractivity contribution in [2.45, 2.75) is 26.0 Å². The molecule has 2 aromatic heterocycles. The van der Waals surface area contributed by atoms with Gasteiger partial charge < -0.3 is 20.1 Å². The molecule has 2 heterocycles. The fraction of sp³-hybridized carbons (Fsp3) is 0.263. The van der Waals surface area contributed by atoms with E-state index in [0.29, 0.717) is 35.9 Å². The highest BCUT2D eigenvalue weighted by atomic mass is 79.9. The number of rotatable bonds is 8. The van der Waals surface area contributed by atoms with E-state index in [4.69, 9.17) is 10.5 Å². The summed E-state index contributed by atoms with van der Waals surface area (Å²) in [4.78, 5) is 15.6. The van der Waals surface area contributed by atoms with E-state index in [1.165, 1.54) is 0 Å². The zero-order valence-electron chi connectivity index (χ0n) is 15.2.